The smallest absolute Gasteiger partial charge is 0.350 e. The SMILES string of the molecule is Nc1ccc(O)c(CNS(=O)(=O)C(F)F)c1. The van der Waals surface area contributed by atoms with Crippen molar-refractivity contribution < 1.29 is 22.3 Å². The number of alkyl halides is 2. The summed E-state index contributed by atoms with van der Waals surface area (Å²) in [5.41, 5.74) is 5.81. The molecular weight excluding hydrogens is 242 g/mol. The molecular formula is C8H10F2N2O3S. The minimum atomic E-state index is -4.66. The van der Waals surface area contributed by atoms with Gasteiger partial charge in [0.25, 0.3) is 10.0 Å². The van der Waals surface area contributed by atoms with Crippen molar-refractivity contribution >= 4 is 15.7 Å². The fourth-order valence-corrected chi connectivity index (χ4v) is 1.47. The summed E-state index contributed by atoms with van der Waals surface area (Å²) in [6, 6.07) is 3.95. The van der Waals surface area contributed by atoms with Crippen LogP contribution in [0.2, 0.25) is 0 Å². The molecule has 0 unspecified atom stereocenters. The molecule has 8 heteroatoms. The molecule has 1 aromatic rings. The summed E-state index contributed by atoms with van der Waals surface area (Å²) >= 11 is 0. The van der Waals surface area contributed by atoms with Gasteiger partial charge in [0.05, 0.1) is 0 Å². The minimum absolute atomic E-state index is 0.129. The normalized spacial score (nSPS) is 11.9. The van der Waals surface area contributed by atoms with Crippen LogP contribution in [-0.2, 0) is 16.6 Å². The third-order valence-electron chi connectivity index (χ3n) is 1.80. The van der Waals surface area contributed by atoms with Crippen LogP contribution in [0.25, 0.3) is 0 Å². The Balaban J connectivity index is 2.79. The Morgan fingerprint density at radius 1 is 1.44 bits per heavy atom. The van der Waals surface area contributed by atoms with E-state index < -0.39 is 22.3 Å². The van der Waals surface area contributed by atoms with Gasteiger partial charge >= 0.3 is 5.76 Å². The Kier molecular flexibility index (Phi) is 3.66. The van der Waals surface area contributed by atoms with Crippen LogP contribution < -0.4 is 10.5 Å². The molecule has 0 heterocycles. The number of anilines is 1. The largest absolute Gasteiger partial charge is 0.508 e. The Bertz CT molecular complexity index is 476. The van der Waals surface area contributed by atoms with Gasteiger partial charge in [0.1, 0.15) is 5.75 Å². The number of rotatable bonds is 4. The van der Waals surface area contributed by atoms with Crippen LogP contribution in [0.3, 0.4) is 0 Å². The van der Waals surface area contributed by atoms with Crippen molar-refractivity contribution in [1.82, 2.24) is 4.72 Å². The first kappa shape index (κ1) is 12.7. The Morgan fingerprint density at radius 3 is 2.62 bits per heavy atom. The van der Waals surface area contributed by atoms with Crippen LogP contribution >= 0.6 is 0 Å². The highest BCUT2D eigenvalue weighted by atomic mass is 32.2. The molecule has 0 fully saturated rings. The average molecular weight is 252 g/mol. The Morgan fingerprint density at radius 2 is 2.06 bits per heavy atom. The summed E-state index contributed by atoms with van der Waals surface area (Å²) in [6.07, 6.45) is 0. The van der Waals surface area contributed by atoms with Gasteiger partial charge in [-0.1, -0.05) is 0 Å². The number of halogens is 2. The van der Waals surface area contributed by atoms with E-state index in [0.29, 0.717) is 5.69 Å². The maximum atomic E-state index is 12.0. The van der Waals surface area contributed by atoms with Gasteiger partial charge in [0, 0.05) is 17.8 Å². The fourth-order valence-electron chi connectivity index (χ4n) is 0.988. The molecule has 0 bridgehead atoms. The number of hydrogen-bond acceptors (Lipinski definition) is 4. The highest BCUT2D eigenvalue weighted by Gasteiger charge is 2.23. The molecule has 0 saturated carbocycles. The molecule has 16 heavy (non-hydrogen) atoms. The van der Waals surface area contributed by atoms with Crippen LogP contribution in [0.15, 0.2) is 18.2 Å². The van der Waals surface area contributed by atoms with Crippen LogP contribution in [0.4, 0.5) is 14.5 Å². The average Bonchev–Trinajstić information content (AvgIpc) is 2.19. The van der Waals surface area contributed by atoms with Gasteiger partial charge in [-0.25, -0.2) is 13.1 Å². The maximum absolute atomic E-state index is 12.0. The number of hydrogen-bond donors (Lipinski definition) is 3. The lowest BCUT2D eigenvalue weighted by Gasteiger charge is -2.07. The number of phenolic OH excluding ortho intramolecular Hbond substituents is 1. The molecule has 5 nitrogen and oxygen atoms in total. The van der Waals surface area contributed by atoms with Crippen LogP contribution in [0.5, 0.6) is 5.75 Å². The molecule has 0 aliphatic carbocycles. The second kappa shape index (κ2) is 4.62. The Hall–Kier alpha value is -1.41. The number of phenols is 1. The molecule has 0 atom stereocenters. The van der Waals surface area contributed by atoms with E-state index in [1.807, 2.05) is 0 Å². The van der Waals surface area contributed by atoms with E-state index in [4.69, 9.17) is 5.73 Å². The molecule has 0 saturated heterocycles. The van der Waals surface area contributed by atoms with E-state index in [1.54, 1.807) is 4.72 Å². The van der Waals surface area contributed by atoms with Crippen molar-refractivity contribution in [1.29, 1.82) is 0 Å². The molecule has 0 spiro atoms. The van der Waals surface area contributed by atoms with Gasteiger partial charge in [-0.15, -0.1) is 0 Å². The highest BCUT2D eigenvalue weighted by molar-refractivity contribution is 7.89. The van der Waals surface area contributed by atoms with E-state index >= 15 is 0 Å². The summed E-state index contributed by atoms with van der Waals surface area (Å²) in [7, 11) is -4.66. The minimum Gasteiger partial charge on any atom is -0.508 e. The maximum Gasteiger partial charge on any atom is 0.350 e. The standard InChI is InChI=1S/C8H10F2N2O3S/c9-8(10)16(14,15)12-4-5-3-6(11)1-2-7(5)13/h1-3,8,12-13H,4,11H2. The quantitative estimate of drug-likeness (QED) is 0.541. The first-order valence-corrected chi connectivity index (χ1v) is 5.71. The summed E-state index contributed by atoms with van der Waals surface area (Å²) in [5.74, 6) is -3.72. The summed E-state index contributed by atoms with van der Waals surface area (Å²) in [4.78, 5) is 0. The van der Waals surface area contributed by atoms with Crippen LogP contribution in [-0.4, -0.2) is 19.3 Å². The predicted octanol–water partition coefficient (Wildman–Crippen LogP) is 0.616. The molecule has 0 radical (unpaired) electrons. The van der Waals surface area contributed by atoms with E-state index in [-0.39, 0.29) is 11.3 Å². The summed E-state index contributed by atoms with van der Waals surface area (Å²) < 4.78 is 47.0. The lowest BCUT2D eigenvalue weighted by atomic mass is 10.2. The van der Waals surface area contributed by atoms with Gasteiger partial charge < -0.3 is 10.8 Å². The van der Waals surface area contributed by atoms with E-state index in [0.717, 1.165) is 0 Å². The van der Waals surface area contributed by atoms with E-state index in [1.165, 1.54) is 18.2 Å². The third-order valence-corrected chi connectivity index (χ3v) is 2.82. The first-order valence-electron chi connectivity index (χ1n) is 4.17. The van der Waals surface area contributed by atoms with Gasteiger partial charge in [0.2, 0.25) is 0 Å². The van der Waals surface area contributed by atoms with Crippen molar-refractivity contribution in [3.05, 3.63) is 23.8 Å². The molecule has 0 aliphatic heterocycles. The predicted molar refractivity (Wildman–Crippen MR) is 54.3 cm³/mol. The zero-order valence-corrected chi connectivity index (χ0v) is 8.84. The number of sulfonamides is 1. The number of nitrogens with one attached hydrogen (secondary N) is 1. The summed E-state index contributed by atoms with van der Waals surface area (Å²) in [5, 5.41) is 9.29. The molecule has 90 valence electrons. The second-order valence-corrected chi connectivity index (χ2v) is 4.75. The number of aromatic hydroxyl groups is 1. The van der Waals surface area contributed by atoms with Gasteiger partial charge in [-0.2, -0.15) is 8.78 Å². The molecule has 1 aromatic carbocycles. The van der Waals surface area contributed by atoms with Crippen molar-refractivity contribution in [2.75, 3.05) is 5.73 Å². The lowest BCUT2D eigenvalue weighted by molar-refractivity contribution is 0.232. The van der Waals surface area contributed by atoms with Crippen LogP contribution in [0, 0.1) is 0 Å². The van der Waals surface area contributed by atoms with Crippen LogP contribution in [0.1, 0.15) is 5.56 Å². The molecule has 0 amide bonds. The second-order valence-electron chi connectivity index (χ2n) is 3.01. The number of nitrogen functional groups attached to an aromatic ring is 1. The third kappa shape index (κ3) is 3.04. The van der Waals surface area contributed by atoms with Gasteiger partial charge in [-0.05, 0) is 18.2 Å². The molecule has 4 N–H and O–H groups in total. The lowest BCUT2D eigenvalue weighted by Crippen LogP contribution is -2.28. The van der Waals surface area contributed by atoms with Crippen molar-refractivity contribution in [2.45, 2.75) is 12.3 Å². The number of benzene rings is 1. The fraction of sp³-hybridized carbons (Fsp3) is 0.250. The summed E-state index contributed by atoms with van der Waals surface area (Å²) in [6.45, 7) is -0.441. The highest BCUT2D eigenvalue weighted by Crippen LogP contribution is 2.19. The van der Waals surface area contributed by atoms with Crippen molar-refractivity contribution in [3.8, 4) is 5.75 Å². The first-order chi connectivity index (χ1) is 7.33. The molecule has 1 rings (SSSR count). The number of nitrogens with two attached hydrogens (primary N) is 1. The van der Waals surface area contributed by atoms with Crippen molar-refractivity contribution in [3.63, 3.8) is 0 Å². The van der Waals surface area contributed by atoms with Gasteiger partial charge in [0.15, 0.2) is 0 Å². The van der Waals surface area contributed by atoms with E-state index in [9.17, 15) is 22.3 Å². The van der Waals surface area contributed by atoms with Crippen molar-refractivity contribution in [2.24, 2.45) is 0 Å². The topological polar surface area (TPSA) is 92.4 Å². The Labute approximate surface area is 90.9 Å². The zero-order chi connectivity index (χ0) is 12.3. The molecule has 0 aliphatic rings. The monoisotopic (exact) mass is 252 g/mol. The van der Waals surface area contributed by atoms with Gasteiger partial charge in [-0.3, -0.25) is 0 Å². The zero-order valence-electron chi connectivity index (χ0n) is 8.02. The van der Waals surface area contributed by atoms with E-state index in [2.05, 4.69) is 0 Å². The molecule has 0 aromatic heterocycles.